The SMILES string of the molecule is COc1cc(C(=O)NCCOc2ccc(C)cc2)ccc1OC(F)F. The zero-order chi connectivity index (χ0) is 18.2. The summed E-state index contributed by atoms with van der Waals surface area (Å²) < 4.78 is 39.4. The molecule has 0 radical (unpaired) electrons. The molecule has 0 aromatic heterocycles. The smallest absolute Gasteiger partial charge is 0.387 e. The first kappa shape index (κ1) is 18.5. The van der Waals surface area contributed by atoms with Crippen molar-refractivity contribution in [2.75, 3.05) is 20.3 Å². The van der Waals surface area contributed by atoms with Crippen LogP contribution in [0.15, 0.2) is 42.5 Å². The number of amides is 1. The fraction of sp³-hybridized carbons (Fsp3) is 0.278. The van der Waals surface area contributed by atoms with Crippen LogP contribution in [0.3, 0.4) is 0 Å². The Balaban J connectivity index is 1.86. The lowest BCUT2D eigenvalue weighted by Crippen LogP contribution is -2.28. The second kappa shape index (κ2) is 8.86. The first-order valence-electron chi connectivity index (χ1n) is 7.60. The van der Waals surface area contributed by atoms with Gasteiger partial charge in [0.1, 0.15) is 12.4 Å². The maximum atomic E-state index is 12.3. The predicted octanol–water partition coefficient (Wildman–Crippen LogP) is 3.41. The van der Waals surface area contributed by atoms with Crippen molar-refractivity contribution in [3.63, 3.8) is 0 Å². The van der Waals surface area contributed by atoms with Crippen LogP contribution in [0.1, 0.15) is 15.9 Å². The molecule has 0 bridgehead atoms. The molecular formula is C18H19F2NO4. The molecule has 5 nitrogen and oxygen atoms in total. The van der Waals surface area contributed by atoms with Gasteiger partial charge in [0.05, 0.1) is 13.7 Å². The molecule has 0 aliphatic carbocycles. The lowest BCUT2D eigenvalue weighted by atomic mass is 10.2. The number of hydrogen-bond acceptors (Lipinski definition) is 4. The average molecular weight is 351 g/mol. The molecule has 0 aliphatic heterocycles. The van der Waals surface area contributed by atoms with Gasteiger partial charge in [0.2, 0.25) is 0 Å². The lowest BCUT2D eigenvalue weighted by Gasteiger charge is -2.12. The van der Waals surface area contributed by atoms with Crippen LogP contribution in [0, 0.1) is 6.92 Å². The van der Waals surface area contributed by atoms with Crippen molar-refractivity contribution in [2.45, 2.75) is 13.5 Å². The van der Waals surface area contributed by atoms with E-state index >= 15 is 0 Å². The predicted molar refractivity (Wildman–Crippen MR) is 88.6 cm³/mol. The minimum absolute atomic E-state index is 0.0591. The molecular weight excluding hydrogens is 332 g/mol. The number of halogens is 2. The molecule has 2 aromatic rings. The van der Waals surface area contributed by atoms with Crippen LogP contribution in [0.5, 0.6) is 17.2 Å². The maximum absolute atomic E-state index is 12.3. The molecule has 0 saturated carbocycles. The quantitative estimate of drug-likeness (QED) is 0.741. The molecule has 134 valence electrons. The zero-order valence-corrected chi connectivity index (χ0v) is 13.9. The highest BCUT2D eigenvalue weighted by Crippen LogP contribution is 2.29. The molecule has 25 heavy (non-hydrogen) atoms. The minimum Gasteiger partial charge on any atom is -0.493 e. The highest BCUT2D eigenvalue weighted by molar-refractivity contribution is 5.94. The Morgan fingerprint density at radius 3 is 2.48 bits per heavy atom. The summed E-state index contributed by atoms with van der Waals surface area (Å²) in [6.45, 7) is -0.383. The lowest BCUT2D eigenvalue weighted by molar-refractivity contribution is -0.0512. The van der Waals surface area contributed by atoms with E-state index in [9.17, 15) is 13.6 Å². The molecule has 0 aliphatic rings. The van der Waals surface area contributed by atoms with Crippen LogP contribution in [0.25, 0.3) is 0 Å². The van der Waals surface area contributed by atoms with Crippen molar-refractivity contribution in [2.24, 2.45) is 0 Å². The molecule has 7 heteroatoms. The van der Waals surface area contributed by atoms with Gasteiger partial charge >= 0.3 is 6.61 Å². The highest BCUT2D eigenvalue weighted by atomic mass is 19.3. The Kier molecular flexibility index (Phi) is 6.56. The van der Waals surface area contributed by atoms with E-state index in [1.807, 2.05) is 31.2 Å². The van der Waals surface area contributed by atoms with Gasteiger partial charge in [-0.2, -0.15) is 8.78 Å². The summed E-state index contributed by atoms with van der Waals surface area (Å²) in [6.07, 6.45) is 0. The largest absolute Gasteiger partial charge is 0.493 e. The van der Waals surface area contributed by atoms with Crippen LogP contribution in [-0.4, -0.2) is 32.8 Å². The zero-order valence-electron chi connectivity index (χ0n) is 13.9. The minimum atomic E-state index is -2.97. The third-order valence-corrected chi connectivity index (χ3v) is 3.32. The molecule has 0 unspecified atom stereocenters. The Bertz CT molecular complexity index is 705. The number of ether oxygens (including phenoxy) is 3. The molecule has 0 atom stereocenters. The molecule has 1 N–H and O–H groups in total. The third-order valence-electron chi connectivity index (χ3n) is 3.32. The van der Waals surface area contributed by atoms with Gasteiger partial charge in [0, 0.05) is 5.56 Å². The van der Waals surface area contributed by atoms with E-state index in [0.29, 0.717) is 13.2 Å². The van der Waals surface area contributed by atoms with Gasteiger partial charge in [-0.15, -0.1) is 0 Å². The first-order chi connectivity index (χ1) is 12.0. The molecule has 2 aromatic carbocycles. The van der Waals surface area contributed by atoms with Crippen molar-refractivity contribution in [1.82, 2.24) is 5.32 Å². The van der Waals surface area contributed by atoms with Crippen LogP contribution in [0.2, 0.25) is 0 Å². The summed E-state index contributed by atoms with van der Waals surface area (Å²) in [7, 11) is 1.31. The maximum Gasteiger partial charge on any atom is 0.387 e. The summed E-state index contributed by atoms with van der Waals surface area (Å²) in [5.74, 6) is 0.282. The third kappa shape index (κ3) is 5.63. The number of benzene rings is 2. The number of methoxy groups -OCH3 is 1. The Morgan fingerprint density at radius 1 is 1.12 bits per heavy atom. The van der Waals surface area contributed by atoms with Gasteiger partial charge < -0.3 is 19.5 Å². The van der Waals surface area contributed by atoms with E-state index in [1.165, 1.54) is 25.3 Å². The summed E-state index contributed by atoms with van der Waals surface area (Å²) in [5, 5.41) is 2.68. The van der Waals surface area contributed by atoms with Crippen molar-refractivity contribution >= 4 is 5.91 Å². The van der Waals surface area contributed by atoms with Gasteiger partial charge in [0.15, 0.2) is 11.5 Å². The molecule has 0 fully saturated rings. The van der Waals surface area contributed by atoms with Gasteiger partial charge in [-0.3, -0.25) is 4.79 Å². The fourth-order valence-corrected chi connectivity index (χ4v) is 2.07. The number of alkyl halides is 2. The van der Waals surface area contributed by atoms with Crippen LogP contribution in [-0.2, 0) is 0 Å². The Hall–Kier alpha value is -2.83. The van der Waals surface area contributed by atoms with Gasteiger partial charge in [-0.25, -0.2) is 0 Å². The van der Waals surface area contributed by atoms with Gasteiger partial charge in [0.25, 0.3) is 5.91 Å². The van der Waals surface area contributed by atoms with Gasteiger partial charge in [-0.05, 0) is 37.3 Å². The standard InChI is InChI=1S/C18H19F2NO4/c1-12-3-6-14(7-4-12)24-10-9-21-17(22)13-5-8-15(25-18(19)20)16(11-13)23-2/h3-8,11,18H,9-10H2,1-2H3,(H,21,22). The first-order valence-corrected chi connectivity index (χ1v) is 7.60. The van der Waals surface area contributed by atoms with E-state index < -0.39 is 6.61 Å². The molecule has 0 spiro atoms. The van der Waals surface area contributed by atoms with E-state index in [4.69, 9.17) is 9.47 Å². The van der Waals surface area contributed by atoms with Gasteiger partial charge in [-0.1, -0.05) is 17.7 Å². The molecule has 2 rings (SSSR count). The number of carbonyl (C=O) groups is 1. The fourth-order valence-electron chi connectivity index (χ4n) is 2.07. The summed E-state index contributed by atoms with van der Waals surface area (Å²) in [4.78, 5) is 12.1. The second-order valence-corrected chi connectivity index (χ2v) is 5.16. The Morgan fingerprint density at radius 2 is 1.84 bits per heavy atom. The second-order valence-electron chi connectivity index (χ2n) is 5.16. The van der Waals surface area contributed by atoms with Crippen molar-refractivity contribution < 1.29 is 27.8 Å². The monoisotopic (exact) mass is 351 g/mol. The summed E-state index contributed by atoms with van der Waals surface area (Å²) in [5.41, 5.74) is 1.41. The normalized spacial score (nSPS) is 10.4. The van der Waals surface area contributed by atoms with Crippen LogP contribution in [0.4, 0.5) is 8.78 Å². The average Bonchev–Trinajstić information content (AvgIpc) is 2.60. The summed E-state index contributed by atoms with van der Waals surface area (Å²) in [6, 6.07) is 11.6. The number of aryl methyl sites for hydroxylation is 1. The molecule has 0 saturated heterocycles. The molecule has 1 amide bonds. The van der Waals surface area contributed by atoms with E-state index in [0.717, 1.165) is 11.3 Å². The van der Waals surface area contributed by atoms with Crippen LogP contribution < -0.4 is 19.5 Å². The van der Waals surface area contributed by atoms with E-state index in [-0.39, 0.29) is 23.0 Å². The number of rotatable bonds is 8. The van der Waals surface area contributed by atoms with Crippen LogP contribution >= 0.6 is 0 Å². The van der Waals surface area contributed by atoms with Crippen molar-refractivity contribution in [3.8, 4) is 17.2 Å². The van der Waals surface area contributed by atoms with E-state index in [1.54, 1.807) is 0 Å². The number of hydrogen-bond donors (Lipinski definition) is 1. The Labute approximate surface area is 144 Å². The summed E-state index contributed by atoms with van der Waals surface area (Å²) >= 11 is 0. The van der Waals surface area contributed by atoms with Crippen molar-refractivity contribution in [3.05, 3.63) is 53.6 Å². The highest BCUT2D eigenvalue weighted by Gasteiger charge is 2.14. The number of carbonyl (C=O) groups excluding carboxylic acids is 1. The number of nitrogens with one attached hydrogen (secondary N) is 1. The van der Waals surface area contributed by atoms with Crippen molar-refractivity contribution in [1.29, 1.82) is 0 Å². The van der Waals surface area contributed by atoms with E-state index in [2.05, 4.69) is 10.1 Å². The molecule has 0 heterocycles. The topological polar surface area (TPSA) is 56.8 Å².